The summed E-state index contributed by atoms with van der Waals surface area (Å²) in [5.74, 6) is 0.106. The van der Waals surface area contributed by atoms with E-state index in [2.05, 4.69) is 25.2 Å². The lowest BCUT2D eigenvalue weighted by Gasteiger charge is -2.31. The van der Waals surface area contributed by atoms with Crippen LogP contribution in [0.25, 0.3) is 0 Å². The fourth-order valence-electron chi connectivity index (χ4n) is 1.49. The molecule has 0 atom stereocenters. The van der Waals surface area contributed by atoms with Crippen LogP contribution in [0.4, 0.5) is 0 Å². The maximum Gasteiger partial charge on any atom is 0.325 e. The summed E-state index contributed by atoms with van der Waals surface area (Å²) in [5.41, 5.74) is 1.92. The highest BCUT2D eigenvalue weighted by Crippen LogP contribution is 2.23. The van der Waals surface area contributed by atoms with E-state index in [9.17, 15) is 4.79 Å². The van der Waals surface area contributed by atoms with Gasteiger partial charge in [-0.05, 0) is 18.1 Å². The van der Waals surface area contributed by atoms with Crippen LogP contribution in [0.2, 0.25) is 0 Å². The molecule has 1 aliphatic heterocycles. The highest BCUT2D eigenvalue weighted by Gasteiger charge is 2.19. The van der Waals surface area contributed by atoms with Gasteiger partial charge in [-0.1, -0.05) is 26.5 Å². The van der Waals surface area contributed by atoms with Crippen molar-refractivity contribution in [2.45, 2.75) is 13.8 Å². The van der Waals surface area contributed by atoms with Crippen LogP contribution in [0, 0.1) is 5.92 Å². The standard InChI is InChI=1S/C12H17NO2/c1-9(2)11-7-5-6-10(3)13(11)8-12(14)15-4/h5-7,9H,3,8H2,1-2,4H3. The second kappa shape index (κ2) is 4.82. The summed E-state index contributed by atoms with van der Waals surface area (Å²) in [6.45, 7) is 8.30. The first-order chi connectivity index (χ1) is 7.06. The van der Waals surface area contributed by atoms with E-state index in [1.807, 2.05) is 23.1 Å². The van der Waals surface area contributed by atoms with Gasteiger partial charge in [0.15, 0.2) is 0 Å². The third-order valence-corrected chi connectivity index (χ3v) is 2.32. The topological polar surface area (TPSA) is 29.5 Å². The number of ether oxygens (including phenoxy) is 1. The van der Waals surface area contributed by atoms with Gasteiger partial charge in [0.25, 0.3) is 0 Å². The summed E-state index contributed by atoms with van der Waals surface area (Å²) < 4.78 is 4.66. The van der Waals surface area contributed by atoms with Crippen molar-refractivity contribution in [1.29, 1.82) is 0 Å². The van der Waals surface area contributed by atoms with Crippen molar-refractivity contribution < 1.29 is 9.53 Å². The molecule has 15 heavy (non-hydrogen) atoms. The van der Waals surface area contributed by atoms with Crippen LogP contribution < -0.4 is 0 Å². The van der Waals surface area contributed by atoms with Gasteiger partial charge in [0.05, 0.1) is 7.11 Å². The van der Waals surface area contributed by atoms with Gasteiger partial charge >= 0.3 is 5.97 Å². The summed E-state index contributed by atoms with van der Waals surface area (Å²) in [7, 11) is 1.39. The number of methoxy groups -OCH3 is 1. The molecule has 0 aromatic rings. The Balaban J connectivity index is 2.83. The number of esters is 1. The number of hydrogen-bond donors (Lipinski definition) is 0. The largest absolute Gasteiger partial charge is 0.468 e. The van der Waals surface area contributed by atoms with Crippen molar-refractivity contribution in [3.63, 3.8) is 0 Å². The molecular weight excluding hydrogens is 190 g/mol. The molecule has 1 rings (SSSR count). The van der Waals surface area contributed by atoms with Crippen molar-refractivity contribution in [3.8, 4) is 0 Å². The molecule has 0 fully saturated rings. The number of carbonyl (C=O) groups is 1. The Bertz CT molecular complexity index is 327. The highest BCUT2D eigenvalue weighted by atomic mass is 16.5. The van der Waals surface area contributed by atoms with Crippen LogP contribution in [0.15, 0.2) is 36.2 Å². The summed E-state index contributed by atoms with van der Waals surface area (Å²) in [6.07, 6.45) is 5.84. The molecule has 1 aliphatic rings. The third kappa shape index (κ3) is 2.72. The first-order valence-corrected chi connectivity index (χ1v) is 4.97. The van der Waals surface area contributed by atoms with E-state index >= 15 is 0 Å². The molecule has 0 aromatic heterocycles. The van der Waals surface area contributed by atoms with Crippen LogP contribution in [-0.4, -0.2) is 24.5 Å². The van der Waals surface area contributed by atoms with Gasteiger partial charge in [-0.15, -0.1) is 0 Å². The third-order valence-electron chi connectivity index (χ3n) is 2.32. The molecule has 3 nitrogen and oxygen atoms in total. The molecule has 0 aromatic carbocycles. The van der Waals surface area contributed by atoms with Crippen LogP contribution >= 0.6 is 0 Å². The van der Waals surface area contributed by atoms with Crippen LogP contribution in [-0.2, 0) is 9.53 Å². The Morgan fingerprint density at radius 2 is 2.27 bits per heavy atom. The number of hydrogen-bond acceptors (Lipinski definition) is 3. The fourth-order valence-corrected chi connectivity index (χ4v) is 1.49. The van der Waals surface area contributed by atoms with Crippen LogP contribution in [0.5, 0.6) is 0 Å². The zero-order valence-corrected chi connectivity index (χ0v) is 9.49. The molecule has 0 spiro atoms. The van der Waals surface area contributed by atoms with Gasteiger partial charge in [-0.3, -0.25) is 4.79 Å². The van der Waals surface area contributed by atoms with E-state index in [0.717, 1.165) is 11.4 Å². The van der Waals surface area contributed by atoms with Crippen molar-refractivity contribution in [1.82, 2.24) is 4.90 Å². The minimum atomic E-state index is -0.252. The number of allylic oxidation sites excluding steroid dienone is 4. The lowest BCUT2D eigenvalue weighted by molar-refractivity contribution is -0.141. The monoisotopic (exact) mass is 207 g/mol. The maximum atomic E-state index is 11.2. The molecule has 0 saturated carbocycles. The summed E-state index contributed by atoms with van der Waals surface area (Å²) >= 11 is 0. The van der Waals surface area contributed by atoms with E-state index < -0.39 is 0 Å². The SMILES string of the molecule is C=C1C=CC=C(C(C)C)N1CC(=O)OC. The predicted molar refractivity (Wildman–Crippen MR) is 59.9 cm³/mol. The Morgan fingerprint density at radius 3 is 2.80 bits per heavy atom. The second-order valence-corrected chi connectivity index (χ2v) is 3.76. The van der Waals surface area contributed by atoms with Crippen molar-refractivity contribution in [2.75, 3.05) is 13.7 Å². The molecule has 0 amide bonds. The Hall–Kier alpha value is -1.51. The normalized spacial score (nSPS) is 15.6. The lowest BCUT2D eigenvalue weighted by Crippen LogP contribution is -2.31. The molecular formula is C12H17NO2. The van der Waals surface area contributed by atoms with Crippen molar-refractivity contribution in [3.05, 3.63) is 36.2 Å². The fraction of sp³-hybridized carbons (Fsp3) is 0.417. The van der Waals surface area contributed by atoms with Gasteiger partial charge < -0.3 is 9.64 Å². The highest BCUT2D eigenvalue weighted by molar-refractivity contribution is 5.72. The minimum absolute atomic E-state index is 0.226. The molecule has 0 saturated heterocycles. The van der Waals surface area contributed by atoms with E-state index in [1.165, 1.54) is 7.11 Å². The zero-order chi connectivity index (χ0) is 11.4. The molecule has 1 heterocycles. The molecule has 0 N–H and O–H groups in total. The summed E-state index contributed by atoms with van der Waals surface area (Å²) in [5, 5.41) is 0. The molecule has 0 unspecified atom stereocenters. The zero-order valence-electron chi connectivity index (χ0n) is 9.49. The molecule has 3 heteroatoms. The average molecular weight is 207 g/mol. The van der Waals surface area contributed by atoms with Crippen LogP contribution in [0.3, 0.4) is 0 Å². The van der Waals surface area contributed by atoms with Gasteiger partial charge in [-0.2, -0.15) is 0 Å². The first-order valence-electron chi connectivity index (χ1n) is 4.97. The Labute approximate surface area is 90.7 Å². The predicted octanol–water partition coefficient (Wildman–Crippen LogP) is 2.08. The van der Waals surface area contributed by atoms with Crippen molar-refractivity contribution >= 4 is 5.97 Å². The number of rotatable bonds is 3. The maximum absolute atomic E-state index is 11.2. The second-order valence-electron chi connectivity index (χ2n) is 3.76. The van der Waals surface area contributed by atoms with E-state index in [4.69, 9.17) is 0 Å². The number of nitrogens with zero attached hydrogens (tertiary/aromatic N) is 1. The van der Waals surface area contributed by atoms with Gasteiger partial charge in [0.1, 0.15) is 6.54 Å². The first kappa shape index (κ1) is 11.6. The minimum Gasteiger partial charge on any atom is -0.468 e. The van der Waals surface area contributed by atoms with Gasteiger partial charge in [0.2, 0.25) is 0 Å². The Kier molecular flexibility index (Phi) is 3.72. The van der Waals surface area contributed by atoms with Crippen LogP contribution in [0.1, 0.15) is 13.8 Å². The molecule has 0 bridgehead atoms. The summed E-state index contributed by atoms with van der Waals surface area (Å²) in [6, 6.07) is 0. The lowest BCUT2D eigenvalue weighted by atomic mass is 10.1. The molecule has 0 aliphatic carbocycles. The summed E-state index contributed by atoms with van der Waals surface area (Å²) in [4.78, 5) is 13.1. The van der Waals surface area contributed by atoms with Crippen molar-refractivity contribution in [2.24, 2.45) is 5.92 Å². The number of carbonyl (C=O) groups excluding carboxylic acids is 1. The average Bonchev–Trinajstić information content (AvgIpc) is 2.20. The quantitative estimate of drug-likeness (QED) is 0.664. The molecule has 82 valence electrons. The molecule has 0 radical (unpaired) electrons. The van der Waals surface area contributed by atoms with E-state index in [0.29, 0.717) is 5.92 Å². The smallest absolute Gasteiger partial charge is 0.325 e. The van der Waals surface area contributed by atoms with E-state index in [-0.39, 0.29) is 12.5 Å². The Morgan fingerprint density at radius 1 is 1.60 bits per heavy atom. The van der Waals surface area contributed by atoms with Gasteiger partial charge in [-0.25, -0.2) is 0 Å². The van der Waals surface area contributed by atoms with E-state index in [1.54, 1.807) is 0 Å². The van der Waals surface area contributed by atoms with Gasteiger partial charge in [0, 0.05) is 11.4 Å².